The van der Waals surface area contributed by atoms with E-state index >= 15 is 0 Å². The molecule has 3 N–H and O–H groups in total. The molecular formula is C33H36N6O. The van der Waals surface area contributed by atoms with E-state index in [0.29, 0.717) is 6.42 Å². The van der Waals surface area contributed by atoms with Gasteiger partial charge in [0.25, 0.3) is 0 Å². The van der Waals surface area contributed by atoms with Crippen molar-refractivity contribution >= 4 is 16.8 Å². The fourth-order valence-electron chi connectivity index (χ4n) is 5.73. The number of hydrogen-bond acceptors (Lipinski definition) is 4. The first kappa shape index (κ1) is 26.0. The molecule has 0 spiro atoms. The molecule has 0 saturated carbocycles. The zero-order valence-electron chi connectivity index (χ0n) is 22.7. The number of nitrogens with one attached hydrogen (secondary N) is 3. The Balaban J connectivity index is 1.33. The Morgan fingerprint density at radius 2 is 1.62 bits per heavy atom. The van der Waals surface area contributed by atoms with Gasteiger partial charge < -0.3 is 20.2 Å². The van der Waals surface area contributed by atoms with E-state index in [0.717, 1.165) is 67.9 Å². The van der Waals surface area contributed by atoms with Crippen molar-refractivity contribution < 1.29 is 4.79 Å². The summed E-state index contributed by atoms with van der Waals surface area (Å²) in [6.45, 7) is 1.63. The number of fused-ring (bicyclic) bond motifs is 1. The smallest absolute Gasteiger partial charge is 0.237 e. The minimum Gasteiger partial charge on any atom is -0.361 e. The summed E-state index contributed by atoms with van der Waals surface area (Å²) in [7, 11) is 0. The molecule has 1 aliphatic heterocycles. The van der Waals surface area contributed by atoms with Crippen molar-refractivity contribution in [1.29, 1.82) is 0 Å². The Kier molecular flexibility index (Phi) is 8.00. The average molecular weight is 533 g/mol. The van der Waals surface area contributed by atoms with Gasteiger partial charge in [0.1, 0.15) is 5.82 Å². The molecule has 204 valence electrons. The molecule has 5 aromatic rings. The summed E-state index contributed by atoms with van der Waals surface area (Å²) in [5, 5.41) is 17.3. The number of benzene rings is 3. The van der Waals surface area contributed by atoms with Crippen LogP contribution in [0, 0.1) is 0 Å². The second kappa shape index (κ2) is 12.3. The van der Waals surface area contributed by atoms with Gasteiger partial charge in [-0.25, -0.2) is 0 Å². The lowest BCUT2D eigenvalue weighted by atomic mass is 10.0. The number of nitrogens with zero attached hydrogens (tertiary/aromatic N) is 3. The van der Waals surface area contributed by atoms with E-state index in [1.165, 1.54) is 16.5 Å². The maximum absolute atomic E-state index is 13.4. The largest absolute Gasteiger partial charge is 0.361 e. The molecule has 1 fully saturated rings. The number of hydrogen-bond donors (Lipinski definition) is 3. The van der Waals surface area contributed by atoms with Gasteiger partial charge in [0, 0.05) is 36.5 Å². The Hall–Kier alpha value is -4.23. The Labute approximate surface area is 235 Å². The number of H-pyrrole nitrogens is 1. The van der Waals surface area contributed by atoms with Crippen molar-refractivity contribution in [2.24, 2.45) is 0 Å². The van der Waals surface area contributed by atoms with Crippen molar-refractivity contribution in [3.63, 3.8) is 0 Å². The number of para-hydroxylation sites is 1. The second-order valence-electron chi connectivity index (χ2n) is 10.6. The van der Waals surface area contributed by atoms with Crippen molar-refractivity contribution in [1.82, 2.24) is 30.4 Å². The van der Waals surface area contributed by atoms with Gasteiger partial charge in [-0.3, -0.25) is 4.79 Å². The summed E-state index contributed by atoms with van der Waals surface area (Å²) in [5.74, 6) is 1.80. The van der Waals surface area contributed by atoms with Crippen LogP contribution >= 0.6 is 0 Å². The van der Waals surface area contributed by atoms with Crippen LogP contribution in [-0.4, -0.2) is 38.2 Å². The maximum atomic E-state index is 13.4. The van der Waals surface area contributed by atoms with Gasteiger partial charge in [0.15, 0.2) is 5.82 Å². The summed E-state index contributed by atoms with van der Waals surface area (Å²) in [6.07, 6.45) is 7.09. The fourth-order valence-corrected chi connectivity index (χ4v) is 5.73. The molecule has 1 aliphatic rings. The van der Waals surface area contributed by atoms with E-state index in [1.807, 2.05) is 18.2 Å². The molecule has 40 heavy (non-hydrogen) atoms. The molecule has 7 heteroatoms. The molecule has 0 radical (unpaired) electrons. The zero-order valence-corrected chi connectivity index (χ0v) is 22.7. The highest BCUT2D eigenvalue weighted by Crippen LogP contribution is 2.25. The van der Waals surface area contributed by atoms with Crippen LogP contribution in [0.3, 0.4) is 0 Å². The SMILES string of the molecule is O=C(N[C@H](Cc1c[nH]c2ccccc12)c1nnc(CCc2ccccc2)n1CCc1ccccc1)[C@H]1CCCN1. The number of carbonyl (C=O) groups excluding carboxylic acids is 1. The predicted molar refractivity (Wildman–Crippen MR) is 158 cm³/mol. The molecule has 3 aromatic carbocycles. The van der Waals surface area contributed by atoms with Crippen LogP contribution in [0.25, 0.3) is 10.9 Å². The lowest BCUT2D eigenvalue weighted by Crippen LogP contribution is -2.43. The summed E-state index contributed by atoms with van der Waals surface area (Å²) in [4.78, 5) is 16.8. The molecule has 0 aliphatic carbocycles. The third kappa shape index (κ3) is 6.00. The van der Waals surface area contributed by atoms with E-state index < -0.39 is 0 Å². The number of aromatic amines is 1. The zero-order chi connectivity index (χ0) is 27.1. The highest BCUT2D eigenvalue weighted by molar-refractivity contribution is 5.84. The van der Waals surface area contributed by atoms with Gasteiger partial charge in [-0.15, -0.1) is 10.2 Å². The van der Waals surface area contributed by atoms with Gasteiger partial charge in [-0.1, -0.05) is 78.9 Å². The van der Waals surface area contributed by atoms with Crippen LogP contribution in [0.15, 0.2) is 91.1 Å². The normalized spacial score (nSPS) is 15.8. The first-order valence-electron chi connectivity index (χ1n) is 14.3. The monoisotopic (exact) mass is 532 g/mol. The molecule has 0 bridgehead atoms. The molecular weight excluding hydrogens is 496 g/mol. The minimum atomic E-state index is -0.303. The number of carbonyl (C=O) groups is 1. The van der Waals surface area contributed by atoms with Gasteiger partial charge in [0.05, 0.1) is 12.1 Å². The van der Waals surface area contributed by atoms with Crippen molar-refractivity contribution in [3.8, 4) is 0 Å². The minimum absolute atomic E-state index is 0.0331. The number of aryl methyl sites for hydroxylation is 3. The third-order valence-electron chi connectivity index (χ3n) is 7.91. The molecule has 0 unspecified atom stereocenters. The van der Waals surface area contributed by atoms with Crippen LogP contribution < -0.4 is 10.6 Å². The number of aromatic nitrogens is 4. The summed E-state index contributed by atoms with van der Waals surface area (Å²) in [6, 6.07) is 28.8. The Morgan fingerprint density at radius 1 is 0.900 bits per heavy atom. The first-order valence-corrected chi connectivity index (χ1v) is 14.3. The fraction of sp³-hybridized carbons (Fsp3) is 0.303. The Morgan fingerprint density at radius 3 is 2.38 bits per heavy atom. The van der Waals surface area contributed by atoms with E-state index in [2.05, 4.69) is 93.1 Å². The molecule has 1 saturated heterocycles. The summed E-state index contributed by atoms with van der Waals surface area (Å²) >= 11 is 0. The molecule has 2 aromatic heterocycles. The second-order valence-corrected chi connectivity index (χ2v) is 10.6. The maximum Gasteiger partial charge on any atom is 0.237 e. The number of amides is 1. The molecule has 1 amide bonds. The van der Waals surface area contributed by atoms with E-state index in [9.17, 15) is 4.79 Å². The van der Waals surface area contributed by atoms with Crippen LogP contribution in [0.5, 0.6) is 0 Å². The first-order chi connectivity index (χ1) is 19.7. The van der Waals surface area contributed by atoms with E-state index in [-0.39, 0.29) is 18.0 Å². The lowest BCUT2D eigenvalue weighted by Gasteiger charge is -2.22. The van der Waals surface area contributed by atoms with Crippen LogP contribution in [0.4, 0.5) is 0 Å². The van der Waals surface area contributed by atoms with Gasteiger partial charge >= 0.3 is 0 Å². The van der Waals surface area contributed by atoms with Crippen molar-refractivity contribution in [3.05, 3.63) is 119 Å². The lowest BCUT2D eigenvalue weighted by molar-refractivity contribution is -0.123. The molecule has 6 rings (SSSR count). The van der Waals surface area contributed by atoms with Crippen molar-refractivity contribution in [2.75, 3.05) is 6.54 Å². The summed E-state index contributed by atoms with van der Waals surface area (Å²) < 4.78 is 2.25. The topological polar surface area (TPSA) is 87.6 Å². The molecule has 3 heterocycles. The predicted octanol–water partition coefficient (Wildman–Crippen LogP) is 4.94. The van der Waals surface area contributed by atoms with Crippen molar-refractivity contribution in [2.45, 2.75) is 57.2 Å². The number of rotatable bonds is 11. The highest BCUT2D eigenvalue weighted by atomic mass is 16.2. The summed E-state index contributed by atoms with van der Waals surface area (Å²) in [5.41, 5.74) is 4.79. The van der Waals surface area contributed by atoms with Crippen LogP contribution in [0.1, 0.15) is 47.2 Å². The third-order valence-corrected chi connectivity index (χ3v) is 7.91. The average Bonchev–Trinajstić information content (AvgIpc) is 3.77. The van der Waals surface area contributed by atoms with Crippen LogP contribution in [0.2, 0.25) is 0 Å². The van der Waals surface area contributed by atoms with Gasteiger partial charge in [-0.05, 0) is 55.0 Å². The molecule has 2 atom stereocenters. The van der Waals surface area contributed by atoms with Crippen LogP contribution in [-0.2, 0) is 37.0 Å². The van der Waals surface area contributed by atoms with E-state index in [1.54, 1.807) is 0 Å². The molecule has 7 nitrogen and oxygen atoms in total. The van der Waals surface area contributed by atoms with Gasteiger partial charge in [-0.2, -0.15) is 0 Å². The Bertz CT molecular complexity index is 1540. The quantitative estimate of drug-likeness (QED) is 0.225. The highest BCUT2D eigenvalue weighted by Gasteiger charge is 2.29. The van der Waals surface area contributed by atoms with E-state index in [4.69, 9.17) is 10.2 Å². The standard InChI is InChI=1S/C33H36N6O/c40-33(29-16-9-20-34-29)36-30(22-26-23-35-28-15-8-7-14-27(26)28)32-38-37-31(18-17-24-10-3-1-4-11-24)39(32)21-19-25-12-5-2-6-13-25/h1-8,10-15,23,29-30,34-35H,9,16-22H2,(H,36,40)/t29-,30-/m1/s1. The van der Waals surface area contributed by atoms with Gasteiger partial charge in [0.2, 0.25) is 5.91 Å².